The fourth-order valence-corrected chi connectivity index (χ4v) is 2.60. The average molecular weight is 399 g/mol. The molecule has 0 radical (unpaired) electrons. The molecule has 0 aliphatic carbocycles. The maximum absolute atomic E-state index is 12.4. The molecular weight excluding hydrogens is 374 g/mol. The molecule has 2 aromatic carbocycles. The van der Waals surface area contributed by atoms with Crippen molar-refractivity contribution in [1.29, 1.82) is 0 Å². The summed E-state index contributed by atoms with van der Waals surface area (Å²) in [5, 5.41) is 6.68. The number of carbonyl (C=O) groups is 2. The van der Waals surface area contributed by atoms with Gasteiger partial charge in [-0.2, -0.15) is 5.10 Å². The van der Waals surface area contributed by atoms with Gasteiger partial charge in [-0.3, -0.25) is 4.79 Å². The summed E-state index contributed by atoms with van der Waals surface area (Å²) >= 11 is 0. The minimum absolute atomic E-state index is 0.00455. The Balaban J connectivity index is 2.04. The molecule has 0 fully saturated rings. The Hall–Kier alpha value is -3.55. The number of alkyl carbamates (subject to hydrolysis) is 1. The van der Waals surface area contributed by atoms with Crippen molar-refractivity contribution in [3.8, 4) is 11.5 Å². The van der Waals surface area contributed by atoms with Gasteiger partial charge in [-0.1, -0.05) is 30.3 Å². The highest BCUT2D eigenvalue weighted by molar-refractivity contribution is 5.86. The van der Waals surface area contributed by atoms with Crippen molar-refractivity contribution in [1.82, 2.24) is 10.7 Å². The molecule has 1 atom stereocenters. The van der Waals surface area contributed by atoms with Gasteiger partial charge in [0.05, 0.1) is 39.5 Å². The van der Waals surface area contributed by atoms with Crippen LogP contribution in [0.5, 0.6) is 11.5 Å². The molecule has 0 bridgehead atoms. The van der Waals surface area contributed by atoms with Crippen molar-refractivity contribution < 1.29 is 23.8 Å². The van der Waals surface area contributed by atoms with E-state index in [2.05, 4.69) is 15.8 Å². The zero-order valence-corrected chi connectivity index (χ0v) is 16.7. The van der Waals surface area contributed by atoms with Gasteiger partial charge < -0.3 is 19.5 Å². The maximum Gasteiger partial charge on any atom is 0.407 e. The average Bonchev–Trinajstić information content (AvgIpc) is 2.74. The van der Waals surface area contributed by atoms with Gasteiger partial charge in [0, 0.05) is 5.56 Å². The predicted molar refractivity (Wildman–Crippen MR) is 109 cm³/mol. The Morgan fingerprint density at radius 1 is 1.10 bits per heavy atom. The lowest BCUT2D eigenvalue weighted by Gasteiger charge is -2.18. The van der Waals surface area contributed by atoms with Crippen LogP contribution < -0.4 is 20.2 Å². The lowest BCUT2D eigenvalue weighted by molar-refractivity contribution is -0.121. The highest BCUT2D eigenvalue weighted by Gasteiger charge is 2.18. The molecule has 0 aromatic heterocycles. The summed E-state index contributed by atoms with van der Waals surface area (Å²) in [5.41, 5.74) is 3.90. The van der Waals surface area contributed by atoms with Crippen molar-refractivity contribution in [3.05, 3.63) is 59.7 Å². The number of benzene rings is 2. The number of nitrogens with zero attached hydrogens (tertiary/aromatic N) is 1. The Kier molecular flexibility index (Phi) is 8.50. The Morgan fingerprint density at radius 3 is 2.52 bits per heavy atom. The second-order valence-corrected chi connectivity index (χ2v) is 5.93. The Morgan fingerprint density at radius 2 is 1.86 bits per heavy atom. The van der Waals surface area contributed by atoms with Gasteiger partial charge >= 0.3 is 6.09 Å². The first-order valence-corrected chi connectivity index (χ1v) is 9.09. The van der Waals surface area contributed by atoms with E-state index in [-0.39, 0.29) is 18.9 Å². The van der Waals surface area contributed by atoms with Crippen LogP contribution in [-0.2, 0) is 9.53 Å². The summed E-state index contributed by atoms with van der Waals surface area (Å²) in [6.07, 6.45) is 0.879. The largest absolute Gasteiger partial charge is 0.497 e. The number of nitrogens with one attached hydrogen (secondary N) is 2. The van der Waals surface area contributed by atoms with Crippen molar-refractivity contribution in [2.45, 2.75) is 19.4 Å². The van der Waals surface area contributed by atoms with Crippen molar-refractivity contribution in [2.24, 2.45) is 5.10 Å². The number of hydrogen-bond donors (Lipinski definition) is 2. The van der Waals surface area contributed by atoms with Crippen LogP contribution >= 0.6 is 0 Å². The van der Waals surface area contributed by atoms with Gasteiger partial charge in [-0.25, -0.2) is 10.2 Å². The number of hydrogen-bond acceptors (Lipinski definition) is 6. The van der Waals surface area contributed by atoms with E-state index in [0.717, 1.165) is 5.56 Å². The van der Waals surface area contributed by atoms with Crippen molar-refractivity contribution in [2.75, 3.05) is 20.8 Å². The minimum atomic E-state index is -0.584. The molecule has 2 amide bonds. The molecule has 8 heteroatoms. The summed E-state index contributed by atoms with van der Waals surface area (Å²) in [6.45, 7) is 1.96. The summed E-state index contributed by atoms with van der Waals surface area (Å²) in [4.78, 5) is 24.2. The van der Waals surface area contributed by atoms with Crippen molar-refractivity contribution >= 4 is 18.2 Å². The number of methoxy groups -OCH3 is 2. The van der Waals surface area contributed by atoms with Crippen LogP contribution in [0.15, 0.2) is 53.6 Å². The van der Waals surface area contributed by atoms with Crippen LogP contribution in [0.3, 0.4) is 0 Å². The third-order valence-corrected chi connectivity index (χ3v) is 3.99. The molecule has 2 N–H and O–H groups in total. The first-order valence-electron chi connectivity index (χ1n) is 9.09. The molecule has 0 unspecified atom stereocenters. The molecule has 0 saturated carbocycles. The topological polar surface area (TPSA) is 98.2 Å². The summed E-state index contributed by atoms with van der Waals surface area (Å²) < 4.78 is 15.4. The third-order valence-electron chi connectivity index (χ3n) is 3.99. The van der Waals surface area contributed by atoms with E-state index in [1.165, 1.54) is 6.21 Å². The van der Waals surface area contributed by atoms with Crippen LogP contribution in [0.2, 0.25) is 0 Å². The van der Waals surface area contributed by atoms with Crippen LogP contribution in [0.1, 0.15) is 30.5 Å². The Labute approximate surface area is 169 Å². The fraction of sp³-hybridized carbons (Fsp3) is 0.286. The molecule has 0 heterocycles. The number of rotatable bonds is 9. The van der Waals surface area contributed by atoms with Crippen LogP contribution in [0.25, 0.3) is 0 Å². The molecule has 2 aromatic rings. The molecule has 2 rings (SSSR count). The zero-order valence-electron chi connectivity index (χ0n) is 16.7. The quantitative estimate of drug-likeness (QED) is 0.499. The van der Waals surface area contributed by atoms with Crippen molar-refractivity contribution in [3.63, 3.8) is 0 Å². The van der Waals surface area contributed by atoms with E-state index >= 15 is 0 Å². The number of ether oxygens (including phenoxy) is 3. The fourth-order valence-electron chi connectivity index (χ4n) is 2.60. The number of amides is 2. The van der Waals surface area contributed by atoms with Gasteiger partial charge in [-0.15, -0.1) is 0 Å². The first-order chi connectivity index (χ1) is 14.1. The second kappa shape index (κ2) is 11.3. The monoisotopic (exact) mass is 399 g/mol. The maximum atomic E-state index is 12.4. The SMILES string of the molecule is CCOC(=O)N[C@@H](CC(=O)N/N=C\c1cc(OC)ccc1OC)c1ccccc1. The van der Waals surface area contributed by atoms with Crippen LogP contribution in [-0.4, -0.2) is 39.0 Å². The van der Waals surface area contributed by atoms with Gasteiger partial charge in [-0.05, 0) is 30.7 Å². The van der Waals surface area contributed by atoms with E-state index in [1.54, 1.807) is 39.3 Å². The summed E-state index contributed by atoms with van der Waals surface area (Å²) in [5.74, 6) is 0.866. The third kappa shape index (κ3) is 6.84. The molecule has 0 saturated heterocycles. The van der Waals surface area contributed by atoms with Gasteiger partial charge in [0.15, 0.2) is 0 Å². The van der Waals surface area contributed by atoms with Crippen LogP contribution in [0, 0.1) is 0 Å². The van der Waals surface area contributed by atoms with Gasteiger partial charge in [0.1, 0.15) is 11.5 Å². The molecule has 29 heavy (non-hydrogen) atoms. The van der Waals surface area contributed by atoms with Crippen LogP contribution in [0.4, 0.5) is 4.79 Å². The van der Waals surface area contributed by atoms with E-state index < -0.39 is 12.1 Å². The zero-order chi connectivity index (χ0) is 21.1. The van der Waals surface area contributed by atoms with Gasteiger partial charge in [0.25, 0.3) is 0 Å². The van der Waals surface area contributed by atoms with E-state index in [9.17, 15) is 9.59 Å². The first kappa shape index (κ1) is 21.7. The molecular formula is C21H25N3O5. The normalized spacial score (nSPS) is 11.6. The molecule has 0 spiro atoms. The number of carbonyl (C=O) groups excluding carboxylic acids is 2. The van der Waals surface area contributed by atoms with Gasteiger partial charge in [0.2, 0.25) is 5.91 Å². The van der Waals surface area contributed by atoms with E-state index in [1.807, 2.05) is 30.3 Å². The summed E-state index contributed by atoms with van der Waals surface area (Å²) in [7, 11) is 3.11. The highest BCUT2D eigenvalue weighted by atomic mass is 16.5. The van der Waals surface area contributed by atoms with E-state index in [0.29, 0.717) is 17.1 Å². The lowest BCUT2D eigenvalue weighted by Crippen LogP contribution is -2.33. The molecule has 154 valence electrons. The Bertz CT molecular complexity index is 839. The minimum Gasteiger partial charge on any atom is -0.497 e. The van der Waals surface area contributed by atoms with E-state index in [4.69, 9.17) is 14.2 Å². The second-order valence-electron chi connectivity index (χ2n) is 5.93. The highest BCUT2D eigenvalue weighted by Crippen LogP contribution is 2.22. The molecule has 8 nitrogen and oxygen atoms in total. The molecule has 0 aliphatic rings. The lowest BCUT2D eigenvalue weighted by atomic mass is 10.0. The number of hydrazone groups is 1. The smallest absolute Gasteiger partial charge is 0.407 e. The predicted octanol–water partition coefficient (Wildman–Crippen LogP) is 3.03. The standard InChI is InChI=1S/C21H25N3O5/c1-4-29-21(26)23-18(15-8-6-5-7-9-15)13-20(25)24-22-14-16-12-17(27-2)10-11-19(16)28-3/h5-12,14,18H,4,13H2,1-3H3,(H,23,26)(H,24,25)/b22-14-/t18-/m0/s1. The molecule has 0 aliphatic heterocycles. The summed E-state index contributed by atoms with van der Waals surface area (Å²) in [6, 6.07) is 13.9.